The van der Waals surface area contributed by atoms with Gasteiger partial charge in [0.05, 0.1) is 5.56 Å². The average Bonchev–Trinajstić information content (AvgIpc) is 2.65. The fourth-order valence-electron chi connectivity index (χ4n) is 0.803. The average molecular weight is 234 g/mol. The summed E-state index contributed by atoms with van der Waals surface area (Å²) in [5.41, 5.74) is -1.24. The van der Waals surface area contributed by atoms with E-state index in [9.17, 15) is 13.2 Å². The molecule has 1 aromatic rings. The monoisotopic (exact) mass is 234 g/mol. The normalized spacial score (nSPS) is 9.19. The zero-order chi connectivity index (χ0) is 13.4. The van der Waals surface area contributed by atoms with E-state index in [1.54, 1.807) is 0 Å². The number of rotatable bonds is 0. The Bertz CT molecular complexity index is 332. The van der Waals surface area contributed by atoms with Crippen LogP contribution >= 0.6 is 0 Å². The second-order valence-corrected chi connectivity index (χ2v) is 2.21. The molecule has 0 spiro atoms. The summed E-state index contributed by atoms with van der Waals surface area (Å²) in [5, 5.41) is 3.20. The van der Waals surface area contributed by atoms with Crippen LogP contribution < -0.4 is 0 Å². The van der Waals surface area contributed by atoms with Crippen molar-refractivity contribution in [1.82, 2.24) is 9.78 Å². The van der Waals surface area contributed by atoms with Crippen molar-refractivity contribution in [2.24, 2.45) is 7.05 Å². The molecule has 1 aromatic heterocycles. The Hall–Kier alpha value is -1.44. The summed E-state index contributed by atoms with van der Waals surface area (Å²) in [6.45, 7) is 8.00. The Morgan fingerprint density at radius 3 is 1.94 bits per heavy atom. The van der Waals surface area contributed by atoms with E-state index in [4.69, 9.17) is 6.42 Å². The number of halogens is 3. The maximum atomic E-state index is 12.1. The Morgan fingerprint density at radius 2 is 1.69 bits per heavy atom. The highest BCUT2D eigenvalue weighted by molar-refractivity contribution is 5.35. The van der Waals surface area contributed by atoms with Crippen LogP contribution in [0.1, 0.15) is 39.0 Å². The minimum atomic E-state index is -4.47. The van der Waals surface area contributed by atoms with E-state index in [-0.39, 0.29) is 5.56 Å². The number of hydrogen-bond donors (Lipinski definition) is 0. The summed E-state index contributed by atoms with van der Waals surface area (Å²) in [7, 11) is 1.38. The van der Waals surface area contributed by atoms with Gasteiger partial charge < -0.3 is 0 Å². The van der Waals surface area contributed by atoms with Crippen LogP contribution in [0.3, 0.4) is 0 Å². The van der Waals surface area contributed by atoms with E-state index >= 15 is 0 Å². The standard InChI is InChI=1S/C7H5F3N2.2C2H6/c1-3-5-4-12(2)11-6(5)7(8,9)10;2*1-2/h1,4H,2H3;2*1-2H3. The van der Waals surface area contributed by atoms with Gasteiger partial charge in [-0.2, -0.15) is 18.3 Å². The molecule has 1 rings (SSSR count). The third-order valence-corrected chi connectivity index (χ3v) is 1.25. The molecule has 0 saturated heterocycles. The first-order chi connectivity index (χ1) is 7.45. The molecule has 0 unspecified atom stereocenters. The van der Waals surface area contributed by atoms with Gasteiger partial charge in [-0.25, -0.2) is 0 Å². The maximum Gasteiger partial charge on any atom is 0.436 e. The van der Waals surface area contributed by atoms with Crippen LogP contribution in [0.4, 0.5) is 13.2 Å². The lowest BCUT2D eigenvalue weighted by atomic mass is 10.2. The number of aromatic nitrogens is 2. The number of alkyl halides is 3. The quantitative estimate of drug-likeness (QED) is 0.628. The van der Waals surface area contributed by atoms with Crippen molar-refractivity contribution in [2.75, 3.05) is 0 Å². The van der Waals surface area contributed by atoms with Gasteiger partial charge >= 0.3 is 6.18 Å². The first-order valence-electron chi connectivity index (χ1n) is 5.02. The van der Waals surface area contributed by atoms with Crippen molar-refractivity contribution in [1.29, 1.82) is 0 Å². The Balaban J connectivity index is 0. The lowest BCUT2D eigenvalue weighted by molar-refractivity contribution is -0.141. The summed E-state index contributed by atoms with van der Waals surface area (Å²) in [6, 6.07) is 0. The molecule has 0 aliphatic heterocycles. The predicted octanol–water partition coefficient (Wildman–Crippen LogP) is 3.47. The van der Waals surface area contributed by atoms with Gasteiger partial charge in [0.15, 0.2) is 5.69 Å². The molecule has 0 N–H and O–H groups in total. The summed E-state index contributed by atoms with van der Waals surface area (Å²) in [5.74, 6) is 1.92. The van der Waals surface area contributed by atoms with E-state index in [1.165, 1.54) is 7.05 Å². The molecular weight excluding hydrogens is 217 g/mol. The molecule has 0 amide bonds. The minimum absolute atomic E-state index is 0.231. The molecule has 92 valence electrons. The molecule has 16 heavy (non-hydrogen) atoms. The van der Waals surface area contributed by atoms with Crippen molar-refractivity contribution in [3.63, 3.8) is 0 Å². The minimum Gasteiger partial charge on any atom is -0.274 e. The Kier molecular flexibility index (Phi) is 8.27. The molecule has 1 heterocycles. The van der Waals surface area contributed by atoms with E-state index in [2.05, 4.69) is 5.10 Å². The van der Waals surface area contributed by atoms with Crippen LogP contribution in [0.15, 0.2) is 6.20 Å². The van der Waals surface area contributed by atoms with Crippen LogP contribution in [0, 0.1) is 12.3 Å². The van der Waals surface area contributed by atoms with Crippen molar-refractivity contribution in [3.05, 3.63) is 17.5 Å². The summed E-state index contributed by atoms with van der Waals surface area (Å²) in [4.78, 5) is 0. The smallest absolute Gasteiger partial charge is 0.274 e. The van der Waals surface area contributed by atoms with Crippen LogP contribution in [-0.2, 0) is 13.2 Å². The first-order valence-corrected chi connectivity index (χ1v) is 5.02. The van der Waals surface area contributed by atoms with Gasteiger partial charge in [0, 0.05) is 13.2 Å². The fraction of sp³-hybridized carbons (Fsp3) is 0.545. The molecule has 0 saturated carbocycles. The van der Waals surface area contributed by atoms with Gasteiger partial charge in [-0.05, 0) is 0 Å². The molecule has 0 atom stereocenters. The number of nitrogens with zero attached hydrogens (tertiary/aromatic N) is 2. The zero-order valence-electron chi connectivity index (χ0n) is 10.2. The van der Waals surface area contributed by atoms with E-state index in [0.29, 0.717) is 0 Å². The molecule has 5 heteroatoms. The summed E-state index contributed by atoms with van der Waals surface area (Å²) in [6.07, 6.45) is 1.54. The van der Waals surface area contributed by atoms with Gasteiger partial charge in [0.25, 0.3) is 0 Å². The Labute approximate surface area is 94.5 Å². The highest BCUT2D eigenvalue weighted by Crippen LogP contribution is 2.29. The van der Waals surface area contributed by atoms with Crippen LogP contribution in [-0.4, -0.2) is 9.78 Å². The second-order valence-electron chi connectivity index (χ2n) is 2.21. The zero-order valence-corrected chi connectivity index (χ0v) is 10.2. The largest absolute Gasteiger partial charge is 0.436 e. The van der Waals surface area contributed by atoms with Crippen molar-refractivity contribution in [2.45, 2.75) is 33.9 Å². The van der Waals surface area contributed by atoms with Crippen molar-refractivity contribution < 1.29 is 13.2 Å². The molecule has 0 aliphatic carbocycles. The van der Waals surface area contributed by atoms with Crippen LogP contribution in [0.5, 0.6) is 0 Å². The lowest BCUT2D eigenvalue weighted by Gasteiger charge is -2.01. The van der Waals surface area contributed by atoms with E-state index in [0.717, 1.165) is 10.9 Å². The molecule has 0 aromatic carbocycles. The molecule has 0 radical (unpaired) electrons. The molecular formula is C11H17F3N2. The van der Waals surface area contributed by atoms with Gasteiger partial charge in [-0.15, -0.1) is 6.42 Å². The van der Waals surface area contributed by atoms with E-state index in [1.807, 2.05) is 33.6 Å². The number of terminal acetylenes is 1. The van der Waals surface area contributed by atoms with Gasteiger partial charge in [-0.3, -0.25) is 4.68 Å². The third kappa shape index (κ3) is 4.87. The van der Waals surface area contributed by atoms with Gasteiger partial charge in [0.1, 0.15) is 0 Å². The Morgan fingerprint density at radius 1 is 1.25 bits per heavy atom. The fourth-order valence-corrected chi connectivity index (χ4v) is 0.803. The first kappa shape index (κ1) is 17.0. The van der Waals surface area contributed by atoms with Crippen LogP contribution in [0.25, 0.3) is 0 Å². The number of aryl methyl sites for hydroxylation is 1. The molecule has 0 aliphatic rings. The SMILES string of the molecule is C#Cc1cn(C)nc1C(F)(F)F.CC.CC. The topological polar surface area (TPSA) is 17.8 Å². The van der Waals surface area contributed by atoms with Gasteiger partial charge in [0.2, 0.25) is 0 Å². The third-order valence-electron chi connectivity index (χ3n) is 1.25. The number of hydrogen-bond acceptors (Lipinski definition) is 1. The van der Waals surface area contributed by atoms with E-state index < -0.39 is 11.9 Å². The van der Waals surface area contributed by atoms with Crippen molar-refractivity contribution >= 4 is 0 Å². The molecule has 0 fully saturated rings. The predicted molar refractivity (Wildman–Crippen MR) is 58.8 cm³/mol. The maximum absolute atomic E-state index is 12.1. The van der Waals surface area contributed by atoms with Gasteiger partial charge in [-0.1, -0.05) is 33.6 Å². The molecule has 0 bridgehead atoms. The summed E-state index contributed by atoms with van der Waals surface area (Å²) >= 11 is 0. The second kappa shape index (κ2) is 7.80. The molecule has 2 nitrogen and oxygen atoms in total. The van der Waals surface area contributed by atoms with Crippen molar-refractivity contribution in [3.8, 4) is 12.3 Å². The summed E-state index contributed by atoms with van der Waals surface area (Å²) < 4.78 is 37.3. The highest BCUT2D eigenvalue weighted by Gasteiger charge is 2.36. The van der Waals surface area contributed by atoms with Crippen LogP contribution in [0.2, 0.25) is 0 Å². The highest BCUT2D eigenvalue weighted by atomic mass is 19.4. The lowest BCUT2D eigenvalue weighted by Crippen LogP contribution is -2.08.